The Morgan fingerprint density at radius 1 is 1.45 bits per heavy atom. The lowest BCUT2D eigenvalue weighted by molar-refractivity contribution is -0.126. The molecular weight excluding hydrogens is 298 g/mol. The van der Waals surface area contributed by atoms with Crippen LogP contribution in [0.3, 0.4) is 0 Å². The van der Waals surface area contributed by atoms with Gasteiger partial charge in [-0.1, -0.05) is 13.0 Å². The normalized spacial score (nSPS) is 19.7. The predicted octanol–water partition coefficient (Wildman–Crippen LogP) is 1.86. The number of carbonyl (C=O) groups excluding carboxylic acids is 2. The molecule has 22 heavy (non-hydrogen) atoms. The van der Waals surface area contributed by atoms with Crippen LogP contribution in [0.25, 0.3) is 0 Å². The van der Waals surface area contributed by atoms with Gasteiger partial charge in [-0.15, -0.1) is 11.3 Å². The van der Waals surface area contributed by atoms with Crippen molar-refractivity contribution in [1.82, 2.24) is 15.5 Å². The van der Waals surface area contributed by atoms with Crippen molar-refractivity contribution >= 4 is 23.2 Å². The summed E-state index contributed by atoms with van der Waals surface area (Å²) in [5.74, 6) is -0.0519. The fourth-order valence-electron chi connectivity index (χ4n) is 2.78. The highest BCUT2D eigenvalue weighted by molar-refractivity contribution is 7.12. The van der Waals surface area contributed by atoms with Crippen LogP contribution in [0.5, 0.6) is 0 Å². The lowest BCUT2D eigenvalue weighted by Gasteiger charge is -2.34. The molecular formula is C16H25N3O2S. The number of likely N-dealkylation sites (tertiary alicyclic amines) is 1. The number of hydrogen-bond donors (Lipinski definition) is 2. The van der Waals surface area contributed by atoms with E-state index in [9.17, 15) is 9.59 Å². The molecule has 1 aliphatic rings. The molecule has 1 fully saturated rings. The van der Waals surface area contributed by atoms with Crippen molar-refractivity contribution in [2.24, 2.45) is 0 Å². The Morgan fingerprint density at radius 3 is 2.95 bits per heavy atom. The third kappa shape index (κ3) is 4.30. The van der Waals surface area contributed by atoms with Crippen LogP contribution in [0.4, 0.5) is 0 Å². The van der Waals surface area contributed by atoms with Gasteiger partial charge in [0.25, 0.3) is 5.91 Å². The molecule has 2 N–H and O–H groups in total. The monoisotopic (exact) mass is 323 g/mol. The van der Waals surface area contributed by atoms with Crippen LogP contribution in [-0.2, 0) is 4.79 Å². The van der Waals surface area contributed by atoms with Crippen molar-refractivity contribution in [3.8, 4) is 0 Å². The molecule has 1 saturated heterocycles. The number of thiophene rings is 1. The van der Waals surface area contributed by atoms with Crippen molar-refractivity contribution in [1.29, 1.82) is 0 Å². The Labute approximate surface area is 136 Å². The summed E-state index contributed by atoms with van der Waals surface area (Å²) in [7, 11) is 0. The summed E-state index contributed by atoms with van der Waals surface area (Å²) in [6.07, 6.45) is 2.71. The van der Waals surface area contributed by atoms with Crippen LogP contribution in [-0.4, -0.2) is 48.4 Å². The minimum Gasteiger partial charge on any atom is -0.353 e. The molecule has 1 unspecified atom stereocenters. The van der Waals surface area contributed by atoms with E-state index in [0.29, 0.717) is 18.0 Å². The minimum absolute atomic E-state index is 0.0189. The molecule has 0 radical (unpaired) electrons. The first kappa shape index (κ1) is 17.0. The summed E-state index contributed by atoms with van der Waals surface area (Å²) in [5.41, 5.74) is 0. The largest absolute Gasteiger partial charge is 0.353 e. The molecule has 1 aliphatic heterocycles. The second-order valence-corrected chi connectivity index (χ2v) is 6.64. The summed E-state index contributed by atoms with van der Waals surface area (Å²) < 4.78 is 0. The zero-order valence-electron chi connectivity index (χ0n) is 13.3. The molecule has 0 aliphatic carbocycles. The Hall–Kier alpha value is -1.40. The fraction of sp³-hybridized carbons (Fsp3) is 0.625. The van der Waals surface area contributed by atoms with E-state index >= 15 is 0 Å². The number of likely N-dealkylation sites (N-methyl/N-ethyl adjacent to an activating group) is 1. The van der Waals surface area contributed by atoms with Crippen LogP contribution in [0.2, 0.25) is 0 Å². The molecule has 2 amide bonds. The van der Waals surface area contributed by atoms with Gasteiger partial charge in [-0.2, -0.15) is 0 Å². The number of amides is 2. The van der Waals surface area contributed by atoms with E-state index < -0.39 is 0 Å². The highest BCUT2D eigenvalue weighted by Gasteiger charge is 2.32. The van der Waals surface area contributed by atoms with E-state index in [2.05, 4.69) is 10.6 Å². The van der Waals surface area contributed by atoms with Gasteiger partial charge in [0.05, 0.1) is 4.88 Å². The number of hydrogen-bond acceptors (Lipinski definition) is 4. The zero-order valence-corrected chi connectivity index (χ0v) is 14.1. The molecule has 2 atom stereocenters. The smallest absolute Gasteiger partial charge is 0.264 e. The molecule has 0 spiro atoms. The van der Waals surface area contributed by atoms with Crippen LogP contribution in [0, 0.1) is 0 Å². The molecule has 122 valence electrons. The highest BCUT2D eigenvalue weighted by Crippen LogP contribution is 2.21. The van der Waals surface area contributed by atoms with Crippen LogP contribution < -0.4 is 10.6 Å². The molecule has 6 heteroatoms. The molecule has 5 nitrogen and oxygen atoms in total. The molecule has 0 bridgehead atoms. The summed E-state index contributed by atoms with van der Waals surface area (Å²) in [5, 5.41) is 8.13. The second kappa shape index (κ2) is 8.29. The SMILES string of the molecule is CCN[C@H](C)CNC(=O)C1CCCCN1C(=O)c1cccs1. The Morgan fingerprint density at radius 2 is 2.27 bits per heavy atom. The van der Waals surface area contributed by atoms with Crippen LogP contribution in [0.1, 0.15) is 42.8 Å². The van der Waals surface area contributed by atoms with E-state index in [-0.39, 0.29) is 23.9 Å². The zero-order chi connectivity index (χ0) is 15.9. The lowest BCUT2D eigenvalue weighted by Crippen LogP contribution is -2.53. The van der Waals surface area contributed by atoms with Crippen molar-refractivity contribution in [3.63, 3.8) is 0 Å². The first-order chi connectivity index (χ1) is 10.6. The average molecular weight is 323 g/mol. The number of rotatable bonds is 6. The van der Waals surface area contributed by atoms with E-state index in [4.69, 9.17) is 0 Å². The summed E-state index contributed by atoms with van der Waals surface area (Å²) in [4.78, 5) is 27.5. The molecule has 2 heterocycles. The van der Waals surface area contributed by atoms with Crippen molar-refractivity contribution in [2.45, 2.75) is 45.2 Å². The van der Waals surface area contributed by atoms with Crippen LogP contribution in [0.15, 0.2) is 17.5 Å². The molecule has 1 aromatic heterocycles. The van der Waals surface area contributed by atoms with Gasteiger partial charge in [0, 0.05) is 19.1 Å². The third-order valence-electron chi connectivity index (χ3n) is 3.93. The van der Waals surface area contributed by atoms with Crippen molar-refractivity contribution in [3.05, 3.63) is 22.4 Å². The molecule has 0 aromatic carbocycles. The number of carbonyl (C=O) groups is 2. The van der Waals surface area contributed by atoms with Crippen LogP contribution >= 0.6 is 11.3 Å². The maximum atomic E-state index is 12.6. The number of piperidine rings is 1. The van der Waals surface area contributed by atoms with Gasteiger partial charge >= 0.3 is 0 Å². The van der Waals surface area contributed by atoms with Crippen molar-refractivity contribution in [2.75, 3.05) is 19.6 Å². The Balaban J connectivity index is 1.97. The second-order valence-electron chi connectivity index (χ2n) is 5.69. The standard InChI is InChI=1S/C16H25N3O2S/c1-3-17-12(2)11-18-15(20)13-7-4-5-9-19(13)16(21)14-8-6-10-22-14/h6,8,10,12-13,17H,3-5,7,9,11H2,1-2H3,(H,18,20)/t12-,13?/m1/s1. The molecule has 0 saturated carbocycles. The van der Waals surface area contributed by atoms with Gasteiger partial charge in [-0.25, -0.2) is 0 Å². The maximum absolute atomic E-state index is 12.6. The summed E-state index contributed by atoms with van der Waals surface area (Å²) >= 11 is 1.43. The third-order valence-corrected chi connectivity index (χ3v) is 4.79. The highest BCUT2D eigenvalue weighted by atomic mass is 32.1. The topological polar surface area (TPSA) is 61.4 Å². The lowest BCUT2D eigenvalue weighted by atomic mass is 10.0. The maximum Gasteiger partial charge on any atom is 0.264 e. The average Bonchev–Trinajstić information content (AvgIpc) is 3.06. The van der Waals surface area contributed by atoms with Crippen molar-refractivity contribution < 1.29 is 9.59 Å². The summed E-state index contributed by atoms with van der Waals surface area (Å²) in [6, 6.07) is 3.59. The van der Waals surface area contributed by atoms with Gasteiger partial charge < -0.3 is 15.5 Å². The number of nitrogens with one attached hydrogen (secondary N) is 2. The quantitative estimate of drug-likeness (QED) is 0.840. The van der Waals surface area contributed by atoms with Gasteiger partial charge in [-0.05, 0) is 44.2 Å². The van der Waals surface area contributed by atoms with E-state index in [1.165, 1.54) is 11.3 Å². The van der Waals surface area contributed by atoms with Gasteiger partial charge in [0.2, 0.25) is 5.91 Å². The van der Waals surface area contributed by atoms with E-state index in [1.54, 1.807) is 4.90 Å². The van der Waals surface area contributed by atoms with Gasteiger partial charge in [0.15, 0.2) is 0 Å². The first-order valence-corrected chi connectivity index (χ1v) is 8.87. The van der Waals surface area contributed by atoms with E-state index in [1.807, 2.05) is 31.4 Å². The fourth-order valence-corrected chi connectivity index (χ4v) is 3.46. The molecule has 2 rings (SSSR count). The minimum atomic E-state index is -0.336. The summed E-state index contributed by atoms with van der Waals surface area (Å²) in [6.45, 7) is 6.21. The van der Waals surface area contributed by atoms with Gasteiger partial charge in [-0.3, -0.25) is 9.59 Å². The van der Waals surface area contributed by atoms with E-state index in [0.717, 1.165) is 25.8 Å². The van der Waals surface area contributed by atoms with Gasteiger partial charge in [0.1, 0.15) is 6.04 Å². The predicted molar refractivity (Wildman–Crippen MR) is 89.1 cm³/mol. The Bertz CT molecular complexity index is 490. The first-order valence-electron chi connectivity index (χ1n) is 7.99. The molecule has 1 aromatic rings. The Kier molecular flexibility index (Phi) is 6.39. The number of nitrogens with zero attached hydrogens (tertiary/aromatic N) is 1.